The summed E-state index contributed by atoms with van der Waals surface area (Å²) in [6.07, 6.45) is 7.72. The lowest BCUT2D eigenvalue weighted by Crippen LogP contribution is -2.56. The van der Waals surface area contributed by atoms with E-state index >= 15 is 4.39 Å². The molecule has 0 amide bonds. The average Bonchev–Trinajstić information content (AvgIpc) is 3.26. The molecule has 2 aliphatic heterocycles. The third-order valence-corrected chi connectivity index (χ3v) is 7.64. The van der Waals surface area contributed by atoms with Crippen LogP contribution in [0.3, 0.4) is 0 Å². The van der Waals surface area contributed by atoms with E-state index in [9.17, 15) is 5.11 Å². The maximum atomic E-state index is 15.5. The lowest BCUT2D eigenvalue weighted by atomic mass is 9.76. The number of aliphatic hydroxyl groups excluding tert-OH is 1. The van der Waals surface area contributed by atoms with Gasteiger partial charge in [0.15, 0.2) is 0 Å². The highest BCUT2D eigenvalue weighted by molar-refractivity contribution is 6.30. The second kappa shape index (κ2) is 12.1. The third kappa shape index (κ3) is 5.31. The number of halogens is 2. The molecule has 3 aromatic rings. The predicted molar refractivity (Wildman–Crippen MR) is 160 cm³/mol. The maximum Gasteiger partial charge on any atom is 0.145 e. The first-order chi connectivity index (χ1) is 19.3. The van der Waals surface area contributed by atoms with Gasteiger partial charge in [-0.1, -0.05) is 43.6 Å². The van der Waals surface area contributed by atoms with Crippen LogP contribution in [-0.4, -0.2) is 57.7 Å². The molecule has 210 valence electrons. The molecule has 2 aromatic heterocycles. The van der Waals surface area contributed by atoms with Gasteiger partial charge in [0, 0.05) is 43.0 Å². The molecule has 0 saturated carbocycles. The van der Waals surface area contributed by atoms with Crippen molar-refractivity contribution in [3.8, 4) is 0 Å². The molecule has 10 heteroatoms. The second-order valence-corrected chi connectivity index (χ2v) is 10.3. The van der Waals surface area contributed by atoms with Crippen molar-refractivity contribution >= 4 is 41.0 Å². The number of pyridine rings is 2. The first-order valence-electron chi connectivity index (χ1n) is 13.3. The van der Waals surface area contributed by atoms with E-state index in [4.69, 9.17) is 27.4 Å². The van der Waals surface area contributed by atoms with Gasteiger partial charge in [0.05, 0.1) is 29.6 Å². The highest BCUT2D eigenvalue weighted by atomic mass is 35.5. The molecule has 5 rings (SSSR count). The number of rotatable bonds is 7. The van der Waals surface area contributed by atoms with Crippen molar-refractivity contribution in [3.05, 3.63) is 88.0 Å². The zero-order valence-corrected chi connectivity index (χ0v) is 23.9. The number of benzene rings is 1. The lowest BCUT2D eigenvalue weighted by Gasteiger charge is -2.41. The Bertz CT molecular complexity index is 1420. The van der Waals surface area contributed by atoms with Crippen LogP contribution in [0.25, 0.3) is 0 Å². The summed E-state index contributed by atoms with van der Waals surface area (Å²) in [5.41, 5.74) is 3.17. The van der Waals surface area contributed by atoms with Gasteiger partial charge >= 0.3 is 0 Å². The topological polar surface area (TPSA) is 112 Å². The van der Waals surface area contributed by atoms with Crippen LogP contribution in [0.2, 0.25) is 5.02 Å². The smallest absolute Gasteiger partial charge is 0.145 e. The minimum absolute atomic E-state index is 0.0771. The zero-order valence-electron chi connectivity index (χ0n) is 23.2. The molecule has 4 N–H and O–H groups in total. The minimum Gasteiger partial charge on any atom is -0.392 e. The summed E-state index contributed by atoms with van der Waals surface area (Å²) in [5.74, 6) is 1.33. The van der Waals surface area contributed by atoms with Crippen LogP contribution in [0, 0.1) is 23.6 Å². The predicted octanol–water partition coefficient (Wildman–Crippen LogP) is 5.83. The van der Waals surface area contributed by atoms with E-state index in [-0.39, 0.29) is 17.7 Å². The fourth-order valence-corrected chi connectivity index (χ4v) is 5.53. The number of amidine groups is 1. The number of fused-ring (bicyclic) bond motifs is 1. The molecule has 1 saturated heterocycles. The molecule has 4 heterocycles. The minimum atomic E-state index is -0.740. The van der Waals surface area contributed by atoms with Crippen LogP contribution in [0.5, 0.6) is 0 Å². The molecule has 0 spiro atoms. The fourth-order valence-electron chi connectivity index (χ4n) is 5.35. The van der Waals surface area contributed by atoms with E-state index in [0.29, 0.717) is 48.2 Å². The van der Waals surface area contributed by atoms with Gasteiger partial charge in [0.25, 0.3) is 0 Å². The highest BCUT2D eigenvalue weighted by Gasteiger charge is 2.45. The third-order valence-electron chi connectivity index (χ3n) is 7.35. The van der Waals surface area contributed by atoms with Crippen LogP contribution < -0.4 is 10.2 Å². The Morgan fingerprint density at radius 2 is 1.98 bits per heavy atom. The molecule has 0 aliphatic carbocycles. The van der Waals surface area contributed by atoms with Crippen LogP contribution >= 0.6 is 11.6 Å². The van der Waals surface area contributed by atoms with Crippen LogP contribution in [-0.2, 0) is 12.0 Å². The van der Waals surface area contributed by atoms with E-state index in [1.54, 1.807) is 36.7 Å². The lowest BCUT2D eigenvalue weighted by molar-refractivity contribution is 0.269. The van der Waals surface area contributed by atoms with E-state index in [0.717, 1.165) is 23.0 Å². The molecule has 1 aromatic carbocycles. The molecule has 1 atom stereocenters. The number of hydrogen-bond acceptors (Lipinski definition) is 7. The normalized spacial score (nSPS) is 18.2. The van der Waals surface area contributed by atoms with Crippen LogP contribution in [0.15, 0.2) is 54.9 Å². The van der Waals surface area contributed by atoms with Crippen molar-refractivity contribution < 1.29 is 9.50 Å². The number of aromatic nitrogens is 2. The van der Waals surface area contributed by atoms with Crippen LogP contribution in [0.4, 0.5) is 21.7 Å². The fraction of sp³-hybridized carbons (Fsp3) is 0.333. The molecule has 1 fully saturated rings. The Morgan fingerprint density at radius 3 is 2.62 bits per heavy atom. The number of anilines is 3. The van der Waals surface area contributed by atoms with Crippen LogP contribution in [0.1, 0.15) is 43.0 Å². The second-order valence-electron chi connectivity index (χ2n) is 9.85. The Labute approximate surface area is 239 Å². The number of hydrogen-bond donors (Lipinski definition) is 4. The highest BCUT2D eigenvalue weighted by Crippen LogP contribution is 2.51. The number of nitrogens with one attached hydrogen (secondary N) is 3. The molecule has 2 aliphatic rings. The van der Waals surface area contributed by atoms with Crippen molar-refractivity contribution in [2.45, 2.75) is 45.8 Å². The summed E-state index contributed by atoms with van der Waals surface area (Å²) in [6, 6.07) is 8.87. The van der Waals surface area contributed by atoms with Gasteiger partial charge < -0.3 is 25.6 Å². The van der Waals surface area contributed by atoms with Gasteiger partial charge in [-0.3, -0.25) is 5.41 Å². The Morgan fingerprint density at radius 1 is 1.23 bits per heavy atom. The van der Waals surface area contributed by atoms with Crippen molar-refractivity contribution in [1.29, 1.82) is 10.8 Å². The van der Waals surface area contributed by atoms with E-state index < -0.39 is 11.2 Å². The molecular weight excluding hydrogens is 529 g/mol. The first-order valence-corrected chi connectivity index (χ1v) is 13.7. The van der Waals surface area contributed by atoms with Crippen molar-refractivity contribution in [3.63, 3.8) is 0 Å². The molecule has 0 unspecified atom stereocenters. The van der Waals surface area contributed by atoms with Crippen molar-refractivity contribution in [2.75, 3.05) is 29.9 Å². The van der Waals surface area contributed by atoms with Gasteiger partial charge in [0.2, 0.25) is 0 Å². The summed E-state index contributed by atoms with van der Waals surface area (Å²) in [4.78, 5) is 13.2. The number of aliphatic hydroxyl groups is 1. The summed E-state index contributed by atoms with van der Waals surface area (Å²) in [6.45, 7) is 9.64. The van der Waals surface area contributed by atoms with Crippen molar-refractivity contribution in [1.82, 2.24) is 14.9 Å². The summed E-state index contributed by atoms with van der Waals surface area (Å²) < 4.78 is 15.5. The van der Waals surface area contributed by atoms with Gasteiger partial charge in [-0.2, -0.15) is 0 Å². The molecule has 8 nitrogen and oxygen atoms in total. The van der Waals surface area contributed by atoms with Gasteiger partial charge in [-0.15, -0.1) is 0 Å². The standard InChI is InChI=1S/C28H29ClFN7O.C2H6/c1-17-25-22(12-34-27(17)35-19-13-36(14-19)23(32)7-4-10-31)37(24-9-8-18(15-38)11-33-24)16-28(25,2)20-5-3-6-21(29)26(20)30;1-2/h3-12,19,31-32,38H,13-16H2,1-2H3,(H,34,35);1-2H3/b7-4-,31-10?,32-23?;/t28-;/m1./s1. The van der Waals surface area contributed by atoms with E-state index in [1.165, 1.54) is 6.08 Å². The largest absolute Gasteiger partial charge is 0.392 e. The quantitative estimate of drug-likeness (QED) is 0.212. The Hall–Kier alpha value is -3.82. The summed E-state index contributed by atoms with van der Waals surface area (Å²) in [5, 5.41) is 28.2. The Kier molecular flexibility index (Phi) is 8.85. The number of nitrogens with zero attached hydrogens (tertiary/aromatic N) is 4. The summed E-state index contributed by atoms with van der Waals surface area (Å²) in [7, 11) is 0. The first kappa shape index (κ1) is 29.2. The van der Waals surface area contributed by atoms with E-state index in [1.807, 2.05) is 49.6 Å². The SMILES string of the molecule is CC.Cc1c(NC2CN(C(=N)/C=C\C=N)C2)ncc2c1[C@@](C)(c1cccc(Cl)c1F)CN2c1ccc(CO)cn1. The van der Waals surface area contributed by atoms with Gasteiger partial charge in [-0.25, -0.2) is 14.4 Å². The van der Waals surface area contributed by atoms with E-state index in [2.05, 4.69) is 10.3 Å². The molecule has 0 bridgehead atoms. The molecular formula is C30H35ClFN7O. The Balaban J connectivity index is 0.00000181. The summed E-state index contributed by atoms with van der Waals surface area (Å²) >= 11 is 6.22. The van der Waals surface area contributed by atoms with Gasteiger partial charge in [-0.05, 0) is 54.8 Å². The zero-order chi connectivity index (χ0) is 29.0. The van der Waals surface area contributed by atoms with Crippen molar-refractivity contribution in [2.24, 2.45) is 0 Å². The maximum absolute atomic E-state index is 15.5. The monoisotopic (exact) mass is 563 g/mol. The average molecular weight is 564 g/mol. The molecule has 0 radical (unpaired) electrons. The molecule has 40 heavy (non-hydrogen) atoms. The number of allylic oxidation sites excluding steroid dienone is 1. The van der Waals surface area contributed by atoms with Gasteiger partial charge in [0.1, 0.15) is 23.3 Å². The number of likely N-dealkylation sites (tertiary alicyclic amines) is 1.